The van der Waals surface area contributed by atoms with Gasteiger partial charge in [-0.05, 0) is 53.3 Å². The van der Waals surface area contributed by atoms with Gasteiger partial charge in [-0.3, -0.25) is 4.79 Å². The van der Waals surface area contributed by atoms with Crippen molar-refractivity contribution in [1.29, 1.82) is 0 Å². The summed E-state index contributed by atoms with van der Waals surface area (Å²) in [5.41, 5.74) is 1.36. The molecular weight excluding hydrogens is 506 g/mol. The first-order valence-corrected chi connectivity index (χ1v) is 12.6. The fraction of sp³-hybridized carbons (Fsp3) is 0.182. The zero-order chi connectivity index (χ0) is 24.6. The molecule has 34 heavy (non-hydrogen) atoms. The Bertz CT molecular complexity index is 1420. The molecule has 1 aliphatic rings. The minimum atomic E-state index is -3.98. The van der Waals surface area contributed by atoms with Crippen LogP contribution in [-0.2, 0) is 15.0 Å². The largest absolute Gasteiger partial charge is 0.325 e. The third kappa shape index (κ3) is 4.82. The van der Waals surface area contributed by atoms with Crippen LogP contribution in [0.5, 0.6) is 0 Å². The molecule has 2 N–H and O–H groups in total. The number of carbonyl (C=O) groups excluding carboxylic acids is 1. The number of nitrogens with one attached hydrogen (secondary N) is 2. The maximum absolute atomic E-state index is 14.0. The van der Waals surface area contributed by atoms with Gasteiger partial charge in [-0.2, -0.15) is 17.4 Å². The van der Waals surface area contributed by atoms with Crippen LogP contribution in [0.15, 0.2) is 47.8 Å². The molecule has 2 atom stereocenters. The van der Waals surface area contributed by atoms with E-state index in [9.17, 15) is 22.0 Å². The Labute approximate surface area is 204 Å². The fourth-order valence-corrected chi connectivity index (χ4v) is 6.06. The van der Waals surface area contributed by atoms with E-state index < -0.39 is 39.8 Å². The normalized spacial score (nSPS) is 20.0. The van der Waals surface area contributed by atoms with E-state index in [1.165, 1.54) is 42.6 Å². The Balaban J connectivity index is 1.58. The lowest BCUT2D eigenvalue weighted by Gasteiger charge is -2.35. The van der Waals surface area contributed by atoms with E-state index in [0.717, 1.165) is 10.4 Å². The lowest BCUT2D eigenvalue weighted by atomic mass is 10.0. The average molecular weight is 523 g/mol. The summed E-state index contributed by atoms with van der Waals surface area (Å²) < 4.78 is 56.4. The molecule has 1 fully saturated rings. The van der Waals surface area contributed by atoms with Gasteiger partial charge in [0.25, 0.3) is 10.2 Å². The van der Waals surface area contributed by atoms with Gasteiger partial charge in [-0.1, -0.05) is 23.7 Å². The molecule has 0 saturated carbocycles. The molecule has 1 aromatic heterocycles. The zero-order valence-electron chi connectivity index (χ0n) is 17.6. The van der Waals surface area contributed by atoms with Crippen LogP contribution < -0.4 is 10.0 Å². The van der Waals surface area contributed by atoms with E-state index in [-0.39, 0.29) is 22.8 Å². The predicted octanol–water partition coefficient (Wildman–Crippen LogP) is 5.12. The molecule has 2 heterocycles. The predicted molar refractivity (Wildman–Crippen MR) is 127 cm³/mol. The van der Waals surface area contributed by atoms with Crippen molar-refractivity contribution in [2.75, 3.05) is 12.4 Å². The topological polar surface area (TPSA) is 82.9 Å². The number of anilines is 1. The summed E-state index contributed by atoms with van der Waals surface area (Å²) in [7, 11) is -2.69. The van der Waals surface area contributed by atoms with Crippen molar-refractivity contribution in [2.45, 2.75) is 18.5 Å². The van der Waals surface area contributed by atoms with Gasteiger partial charge in [0, 0.05) is 17.6 Å². The van der Waals surface area contributed by atoms with E-state index in [0.29, 0.717) is 16.0 Å². The van der Waals surface area contributed by atoms with E-state index in [4.69, 9.17) is 18.2 Å². The first-order chi connectivity index (χ1) is 16.1. The van der Waals surface area contributed by atoms with Crippen LogP contribution in [-0.4, -0.2) is 31.7 Å². The summed E-state index contributed by atoms with van der Waals surface area (Å²) >= 11 is 7.03. The van der Waals surface area contributed by atoms with Crippen molar-refractivity contribution < 1.29 is 22.0 Å². The highest BCUT2D eigenvalue weighted by molar-refractivity contribution is 7.87. The van der Waals surface area contributed by atoms with Gasteiger partial charge < -0.3 is 5.32 Å². The molecule has 1 saturated heterocycles. The molecule has 12 heteroatoms. The maximum atomic E-state index is 14.0. The maximum Gasteiger partial charge on any atom is 0.280 e. The van der Waals surface area contributed by atoms with E-state index in [1.807, 2.05) is 0 Å². The van der Waals surface area contributed by atoms with E-state index in [2.05, 4.69) is 14.9 Å². The van der Waals surface area contributed by atoms with E-state index >= 15 is 0 Å². The van der Waals surface area contributed by atoms with Crippen LogP contribution in [0.2, 0.25) is 5.02 Å². The highest BCUT2D eigenvalue weighted by Gasteiger charge is 2.41. The second kappa shape index (κ2) is 9.40. The van der Waals surface area contributed by atoms with Gasteiger partial charge in [0.05, 0.1) is 17.6 Å². The lowest BCUT2D eigenvalue weighted by molar-refractivity contribution is -0.120. The first-order valence-electron chi connectivity index (χ1n) is 9.86. The molecule has 0 spiro atoms. The van der Waals surface area contributed by atoms with Gasteiger partial charge in [-0.15, -0.1) is 11.3 Å². The molecule has 0 unspecified atom stereocenters. The molecule has 1 aliphatic heterocycles. The van der Waals surface area contributed by atoms with Crippen LogP contribution >= 0.6 is 22.9 Å². The summed E-state index contributed by atoms with van der Waals surface area (Å²) in [6, 6.07) is 7.92. The quantitative estimate of drug-likeness (QED) is 0.467. The number of rotatable bonds is 4. The summed E-state index contributed by atoms with van der Waals surface area (Å²) in [5, 5.41) is 4.16. The SMILES string of the molecule is [C-]#[N+]c1ccc(-c2csc([C@@H]3C[C@H](C(=O)Nc4ccc(F)c(Cl)c4)N(C)S(=O)(=O)N3)c2)cc1F. The number of hydrogen-bond acceptors (Lipinski definition) is 4. The van der Waals surface area contributed by atoms with Crippen LogP contribution in [0.25, 0.3) is 16.0 Å². The highest BCUT2D eigenvalue weighted by Crippen LogP contribution is 2.36. The van der Waals surface area contributed by atoms with Gasteiger partial charge in [0.1, 0.15) is 17.7 Å². The smallest absolute Gasteiger partial charge is 0.280 e. The summed E-state index contributed by atoms with van der Waals surface area (Å²) in [6.45, 7) is 6.96. The Morgan fingerprint density at radius 3 is 2.65 bits per heavy atom. The molecular formula is C22H17ClF2N4O3S2. The summed E-state index contributed by atoms with van der Waals surface area (Å²) in [6.07, 6.45) is 0.126. The number of likely N-dealkylation sites (N-methyl/N-ethyl adjacent to an activating group) is 1. The molecule has 1 amide bonds. The Morgan fingerprint density at radius 1 is 1.21 bits per heavy atom. The second-order valence-corrected chi connectivity index (χ2v) is 10.7. The van der Waals surface area contributed by atoms with Crippen molar-refractivity contribution in [3.63, 3.8) is 0 Å². The number of thiophene rings is 1. The van der Waals surface area contributed by atoms with Crippen LogP contribution in [0.3, 0.4) is 0 Å². The molecule has 3 aromatic rings. The molecule has 7 nitrogen and oxygen atoms in total. The average Bonchev–Trinajstić information content (AvgIpc) is 3.28. The minimum Gasteiger partial charge on any atom is -0.325 e. The van der Waals surface area contributed by atoms with Crippen molar-refractivity contribution in [3.8, 4) is 11.1 Å². The number of benzene rings is 2. The summed E-state index contributed by atoms with van der Waals surface area (Å²) in [4.78, 5) is 16.7. The van der Waals surface area contributed by atoms with Crippen molar-refractivity contribution in [3.05, 3.63) is 80.8 Å². The molecule has 0 aliphatic carbocycles. The molecule has 4 rings (SSSR count). The number of hydrogen-bond donors (Lipinski definition) is 2. The minimum absolute atomic E-state index is 0.0847. The van der Waals surface area contributed by atoms with Crippen molar-refractivity contribution >= 4 is 50.4 Å². The fourth-order valence-electron chi connectivity index (χ4n) is 3.56. The van der Waals surface area contributed by atoms with Gasteiger partial charge in [0.2, 0.25) is 11.6 Å². The standard InChI is InChI=1S/C22H17ClF2N4O3S2/c1-26-18-6-3-12(7-17(18)25)13-8-21(33-11-13)19-10-20(29(2)34(31,32)28-19)22(30)27-14-4-5-16(24)15(23)9-14/h3-9,11,19-20,28H,10H2,2H3,(H,27,30)/t19-,20+/m0/s1. The third-order valence-electron chi connectivity index (χ3n) is 5.42. The Morgan fingerprint density at radius 2 is 1.97 bits per heavy atom. The first kappa shape index (κ1) is 24.3. The molecule has 0 bridgehead atoms. The lowest BCUT2D eigenvalue weighted by Crippen LogP contribution is -2.55. The van der Waals surface area contributed by atoms with Crippen LogP contribution in [0, 0.1) is 18.2 Å². The third-order valence-corrected chi connectivity index (χ3v) is 8.35. The molecule has 0 radical (unpaired) electrons. The van der Waals surface area contributed by atoms with Crippen LogP contribution in [0.4, 0.5) is 20.2 Å². The van der Waals surface area contributed by atoms with Crippen LogP contribution in [0.1, 0.15) is 17.3 Å². The van der Waals surface area contributed by atoms with Gasteiger partial charge in [0.15, 0.2) is 0 Å². The Hall–Kier alpha value is -2.88. The number of amides is 1. The number of halogens is 3. The molecule has 2 aromatic carbocycles. The van der Waals surface area contributed by atoms with Gasteiger partial charge >= 0.3 is 0 Å². The number of nitrogens with zero attached hydrogens (tertiary/aromatic N) is 2. The second-order valence-electron chi connectivity index (χ2n) is 7.58. The van der Waals surface area contributed by atoms with Crippen molar-refractivity contribution in [2.24, 2.45) is 0 Å². The van der Waals surface area contributed by atoms with E-state index in [1.54, 1.807) is 17.5 Å². The molecule has 176 valence electrons. The highest BCUT2D eigenvalue weighted by atomic mass is 35.5. The zero-order valence-corrected chi connectivity index (χ0v) is 19.9. The monoisotopic (exact) mass is 522 g/mol. The van der Waals surface area contributed by atoms with Gasteiger partial charge in [-0.25, -0.2) is 13.6 Å². The number of carbonyl (C=O) groups is 1. The van der Waals surface area contributed by atoms with Crippen molar-refractivity contribution in [1.82, 2.24) is 9.03 Å². The Kier molecular flexibility index (Phi) is 6.71. The summed E-state index contributed by atoms with van der Waals surface area (Å²) in [5.74, 6) is -1.87.